The van der Waals surface area contributed by atoms with Gasteiger partial charge in [-0.15, -0.1) is 0 Å². The summed E-state index contributed by atoms with van der Waals surface area (Å²) in [5, 5.41) is 9.30. The lowest BCUT2D eigenvalue weighted by Gasteiger charge is -2.35. The van der Waals surface area contributed by atoms with Crippen molar-refractivity contribution in [1.29, 1.82) is 0 Å². The van der Waals surface area contributed by atoms with Gasteiger partial charge in [-0.05, 0) is 25.0 Å². The molecule has 88 valence electrons. The van der Waals surface area contributed by atoms with E-state index in [1.165, 1.54) is 11.3 Å². The largest absolute Gasteiger partial charge is 0.495 e. The van der Waals surface area contributed by atoms with E-state index in [0.29, 0.717) is 5.92 Å². The van der Waals surface area contributed by atoms with E-state index in [2.05, 4.69) is 17.9 Å². The first-order valence-electron chi connectivity index (χ1n) is 5.81. The molecule has 1 aromatic carbocycles. The van der Waals surface area contributed by atoms with E-state index in [4.69, 9.17) is 4.74 Å². The van der Waals surface area contributed by atoms with Crippen molar-refractivity contribution in [2.45, 2.75) is 13.3 Å². The summed E-state index contributed by atoms with van der Waals surface area (Å²) in [6.07, 6.45) is 0.944. The van der Waals surface area contributed by atoms with Crippen molar-refractivity contribution in [3.05, 3.63) is 23.8 Å². The minimum absolute atomic E-state index is 0.257. The zero-order chi connectivity index (χ0) is 11.5. The molecule has 1 aliphatic heterocycles. The Morgan fingerprint density at radius 1 is 1.50 bits per heavy atom. The van der Waals surface area contributed by atoms with Crippen LogP contribution in [-0.4, -0.2) is 31.9 Å². The fraction of sp³-hybridized carbons (Fsp3) is 0.538. The van der Waals surface area contributed by atoms with Crippen molar-refractivity contribution in [1.82, 2.24) is 0 Å². The van der Waals surface area contributed by atoms with Crippen LogP contribution >= 0.6 is 0 Å². The number of ether oxygens (including phenoxy) is 1. The highest BCUT2D eigenvalue weighted by Gasteiger charge is 2.25. The zero-order valence-corrected chi connectivity index (χ0v) is 9.94. The van der Waals surface area contributed by atoms with Crippen molar-refractivity contribution >= 4 is 5.69 Å². The number of para-hydroxylation sites is 1. The van der Waals surface area contributed by atoms with Gasteiger partial charge in [0, 0.05) is 25.6 Å². The van der Waals surface area contributed by atoms with Crippen LogP contribution in [0.1, 0.15) is 12.5 Å². The number of aliphatic hydroxyl groups excluding tert-OH is 1. The average Bonchev–Trinajstić information content (AvgIpc) is 2.36. The third-order valence-electron chi connectivity index (χ3n) is 3.25. The van der Waals surface area contributed by atoms with E-state index in [0.717, 1.165) is 25.3 Å². The highest BCUT2D eigenvalue weighted by molar-refractivity contribution is 5.65. The summed E-state index contributed by atoms with van der Waals surface area (Å²) in [6, 6.07) is 6.15. The lowest BCUT2D eigenvalue weighted by molar-refractivity contribution is 0.224. The normalized spacial score (nSPS) is 19.4. The Balaban J connectivity index is 2.41. The molecule has 0 aromatic heterocycles. The molecule has 16 heavy (non-hydrogen) atoms. The van der Waals surface area contributed by atoms with Crippen LogP contribution in [0.2, 0.25) is 0 Å². The second-order valence-electron chi connectivity index (χ2n) is 4.26. The van der Waals surface area contributed by atoms with Crippen LogP contribution in [0.15, 0.2) is 18.2 Å². The molecule has 1 aromatic rings. The van der Waals surface area contributed by atoms with Gasteiger partial charge in [0.05, 0.1) is 12.8 Å². The smallest absolute Gasteiger partial charge is 0.142 e. The summed E-state index contributed by atoms with van der Waals surface area (Å²) < 4.78 is 5.41. The van der Waals surface area contributed by atoms with E-state index in [1.807, 2.05) is 12.1 Å². The molecule has 0 unspecified atom stereocenters. The molecular weight excluding hydrogens is 202 g/mol. The standard InChI is InChI=1S/C13H19NO2/c1-3-14-8-10(9-15)7-11-5-4-6-12(16-2)13(11)14/h4-6,10,15H,3,7-9H2,1-2H3/t10-/m1/s1. The molecule has 1 N–H and O–H groups in total. The predicted molar refractivity (Wildman–Crippen MR) is 65.2 cm³/mol. The molecule has 1 heterocycles. The van der Waals surface area contributed by atoms with Crippen LogP contribution in [0.25, 0.3) is 0 Å². The van der Waals surface area contributed by atoms with Crippen molar-refractivity contribution in [2.75, 3.05) is 31.7 Å². The first kappa shape index (κ1) is 11.3. The lowest BCUT2D eigenvalue weighted by Crippen LogP contribution is -2.37. The monoisotopic (exact) mass is 221 g/mol. The van der Waals surface area contributed by atoms with Gasteiger partial charge in [0.15, 0.2) is 0 Å². The van der Waals surface area contributed by atoms with Gasteiger partial charge in [-0.1, -0.05) is 12.1 Å². The summed E-state index contributed by atoms with van der Waals surface area (Å²) in [6.45, 7) is 4.26. The molecule has 0 saturated heterocycles. The molecule has 0 amide bonds. The van der Waals surface area contributed by atoms with Crippen LogP contribution in [0.3, 0.4) is 0 Å². The third-order valence-corrected chi connectivity index (χ3v) is 3.25. The summed E-state index contributed by atoms with van der Waals surface area (Å²) >= 11 is 0. The van der Waals surface area contributed by atoms with E-state index < -0.39 is 0 Å². The number of hydrogen-bond acceptors (Lipinski definition) is 3. The Hall–Kier alpha value is -1.22. The number of benzene rings is 1. The quantitative estimate of drug-likeness (QED) is 0.843. The van der Waals surface area contributed by atoms with E-state index in [-0.39, 0.29) is 6.61 Å². The molecule has 1 aliphatic rings. The molecule has 0 radical (unpaired) electrons. The second-order valence-corrected chi connectivity index (χ2v) is 4.26. The summed E-state index contributed by atoms with van der Waals surface area (Å²) in [5.41, 5.74) is 2.49. The fourth-order valence-corrected chi connectivity index (χ4v) is 2.44. The SMILES string of the molecule is CCN1C[C@H](CO)Cc2cccc(OC)c21. The van der Waals surface area contributed by atoms with Gasteiger partial charge in [-0.3, -0.25) is 0 Å². The summed E-state index contributed by atoms with van der Waals surface area (Å²) in [7, 11) is 1.71. The minimum atomic E-state index is 0.257. The molecule has 0 aliphatic carbocycles. The number of nitrogens with zero attached hydrogens (tertiary/aromatic N) is 1. The maximum atomic E-state index is 9.30. The molecule has 0 fully saturated rings. The van der Waals surface area contributed by atoms with E-state index in [1.54, 1.807) is 7.11 Å². The molecule has 3 heteroatoms. The molecule has 0 bridgehead atoms. The second kappa shape index (κ2) is 4.74. The minimum Gasteiger partial charge on any atom is -0.495 e. The van der Waals surface area contributed by atoms with Gasteiger partial charge in [0.25, 0.3) is 0 Å². The van der Waals surface area contributed by atoms with Crippen LogP contribution in [0.5, 0.6) is 5.75 Å². The summed E-state index contributed by atoms with van der Waals surface area (Å²) in [5.74, 6) is 1.29. The average molecular weight is 221 g/mol. The van der Waals surface area contributed by atoms with E-state index >= 15 is 0 Å². The number of aliphatic hydroxyl groups is 1. The molecule has 0 spiro atoms. The first-order chi connectivity index (χ1) is 7.80. The van der Waals surface area contributed by atoms with Gasteiger partial charge in [-0.2, -0.15) is 0 Å². The van der Waals surface area contributed by atoms with Gasteiger partial charge in [-0.25, -0.2) is 0 Å². The lowest BCUT2D eigenvalue weighted by atomic mass is 9.92. The molecular formula is C13H19NO2. The summed E-state index contributed by atoms with van der Waals surface area (Å²) in [4.78, 5) is 2.29. The Morgan fingerprint density at radius 3 is 2.94 bits per heavy atom. The molecule has 2 rings (SSSR count). The Morgan fingerprint density at radius 2 is 2.31 bits per heavy atom. The Labute approximate surface area is 96.6 Å². The fourth-order valence-electron chi connectivity index (χ4n) is 2.44. The highest BCUT2D eigenvalue weighted by Crippen LogP contribution is 2.37. The maximum Gasteiger partial charge on any atom is 0.142 e. The zero-order valence-electron chi connectivity index (χ0n) is 9.94. The van der Waals surface area contributed by atoms with E-state index in [9.17, 15) is 5.11 Å². The first-order valence-corrected chi connectivity index (χ1v) is 5.81. The van der Waals surface area contributed by atoms with Crippen LogP contribution < -0.4 is 9.64 Å². The number of fused-ring (bicyclic) bond motifs is 1. The maximum absolute atomic E-state index is 9.30. The van der Waals surface area contributed by atoms with Crippen LogP contribution in [0, 0.1) is 5.92 Å². The van der Waals surface area contributed by atoms with Gasteiger partial charge < -0.3 is 14.7 Å². The van der Waals surface area contributed by atoms with Crippen molar-refractivity contribution < 1.29 is 9.84 Å². The number of rotatable bonds is 3. The van der Waals surface area contributed by atoms with Crippen molar-refractivity contribution in [3.63, 3.8) is 0 Å². The Kier molecular flexibility index (Phi) is 3.34. The molecule has 1 atom stereocenters. The van der Waals surface area contributed by atoms with Gasteiger partial charge in [0.1, 0.15) is 5.75 Å². The molecule has 0 saturated carbocycles. The van der Waals surface area contributed by atoms with Gasteiger partial charge >= 0.3 is 0 Å². The van der Waals surface area contributed by atoms with Crippen molar-refractivity contribution in [3.8, 4) is 5.75 Å². The van der Waals surface area contributed by atoms with Crippen LogP contribution in [-0.2, 0) is 6.42 Å². The predicted octanol–water partition coefficient (Wildman–Crippen LogP) is 1.69. The highest BCUT2D eigenvalue weighted by atomic mass is 16.5. The van der Waals surface area contributed by atoms with Crippen molar-refractivity contribution in [2.24, 2.45) is 5.92 Å². The number of anilines is 1. The molecule has 3 nitrogen and oxygen atoms in total. The third kappa shape index (κ3) is 1.87. The number of methoxy groups -OCH3 is 1. The topological polar surface area (TPSA) is 32.7 Å². The van der Waals surface area contributed by atoms with Crippen LogP contribution in [0.4, 0.5) is 5.69 Å². The number of hydrogen-bond donors (Lipinski definition) is 1. The van der Waals surface area contributed by atoms with Gasteiger partial charge in [0.2, 0.25) is 0 Å². The Bertz CT molecular complexity index is 365.